The predicted molar refractivity (Wildman–Crippen MR) is 56.6 cm³/mol. The molecule has 7 nitrogen and oxygen atoms in total. The summed E-state index contributed by atoms with van der Waals surface area (Å²) in [4.78, 5) is 9.64. The van der Waals surface area contributed by atoms with Crippen molar-refractivity contribution in [3.63, 3.8) is 0 Å². The minimum absolute atomic E-state index is 0.00459. The third-order valence-electron chi connectivity index (χ3n) is 1.87. The lowest BCUT2D eigenvalue weighted by Crippen LogP contribution is -2.15. The average Bonchev–Trinajstić information content (AvgIpc) is 2.30. The second-order valence-corrected chi connectivity index (χ2v) is 3.06. The molecule has 1 rings (SSSR count). The summed E-state index contributed by atoms with van der Waals surface area (Å²) in [6.07, 6.45) is 0.118. The molecule has 17 heavy (non-hydrogen) atoms. The van der Waals surface area contributed by atoms with Crippen LogP contribution in [-0.2, 0) is 0 Å². The highest BCUT2D eigenvalue weighted by molar-refractivity contribution is 5.79. The number of benzene rings is 1. The number of nitro groups is 1. The Morgan fingerprint density at radius 1 is 1.65 bits per heavy atom. The molecule has 0 heterocycles. The molecule has 0 spiro atoms. The Balaban J connectivity index is 2.64. The van der Waals surface area contributed by atoms with Crippen LogP contribution in [0.2, 0.25) is 0 Å². The quantitative estimate of drug-likeness (QED) is 0.266. The first kappa shape index (κ1) is 12.7. The summed E-state index contributed by atoms with van der Waals surface area (Å²) >= 11 is 0. The molecule has 0 aliphatic carbocycles. The summed E-state index contributed by atoms with van der Waals surface area (Å²) in [5.41, 5.74) is 4.82. The van der Waals surface area contributed by atoms with Crippen molar-refractivity contribution >= 4 is 11.5 Å². The summed E-state index contributed by atoms with van der Waals surface area (Å²) in [5.74, 6) is -1.01. The van der Waals surface area contributed by atoms with E-state index >= 15 is 0 Å². The lowest BCUT2D eigenvalue weighted by Gasteiger charge is -2.06. The SMILES string of the molecule is N/C(CCOc1ccc([N+](=O)[O-])cc1F)=N\O. The van der Waals surface area contributed by atoms with Crippen molar-refractivity contribution in [2.75, 3.05) is 6.61 Å². The van der Waals surface area contributed by atoms with E-state index in [0.29, 0.717) is 0 Å². The molecule has 0 radical (unpaired) electrons. The van der Waals surface area contributed by atoms with E-state index in [1.54, 1.807) is 0 Å². The minimum Gasteiger partial charge on any atom is -0.490 e. The summed E-state index contributed by atoms with van der Waals surface area (Å²) in [7, 11) is 0. The normalized spacial score (nSPS) is 11.2. The molecule has 8 heteroatoms. The van der Waals surface area contributed by atoms with Gasteiger partial charge in [-0.25, -0.2) is 4.39 Å². The maximum Gasteiger partial charge on any atom is 0.272 e. The van der Waals surface area contributed by atoms with Crippen molar-refractivity contribution < 1.29 is 19.3 Å². The largest absolute Gasteiger partial charge is 0.490 e. The van der Waals surface area contributed by atoms with Crippen LogP contribution >= 0.6 is 0 Å². The monoisotopic (exact) mass is 243 g/mol. The van der Waals surface area contributed by atoms with Crippen LogP contribution in [0.25, 0.3) is 0 Å². The van der Waals surface area contributed by atoms with E-state index in [-0.39, 0.29) is 30.3 Å². The van der Waals surface area contributed by atoms with Crippen LogP contribution in [0.4, 0.5) is 10.1 Å². The van der Waals surface area contributed by atoms with Gasteiger partial charge in [-0.05, 0) is 6.07 Å². The number of non-ortho nitro benzene ring substituents is 1. The molecule has 0 amide bonds. The summed E-state index contributed by atoms with van der Waals surface area (Å²) in [6, 6.07) is 3.04. The summed E-state index contributed by atoms with van der Waals surface area (Å²) < 4.78 is 18.3. The predicted octanol–water partition coefficient (Wildman–Crippen LogP) is 1.25. The molecule has 3 N–H and O–H groups in total. The van der Waals surface area contributed by atoms with Gasteiger partial charge in [-0.1, -0.05) is 5.16 Å². The number of nitrogens with zero attached hydrogens (tertiary/aromatic N) is 2. The number of oxime groups is 1. The fourth-order valence-electron chi connectivity index (χ4n) is 1.04. The fraction of sp³-hybridized carbons (Fsp3) is 0.222. The second kappa shape index (κ2) is 5.64. The number of ether oxygens (including phenoxy) is 1. The minimum atomic E-state index is -0.835. The van der Waals surface area contributed by atoms with E-state index < -0.39 is 10.7 Å². The van der Waals surface area contributed by atoms with Crippen LogP contribution < -0.4 is 10.5 Å². The first-order valence-corrected chi connectivity index (χ1v) is 4.57. The molecule has 0 fully saturated rings. The van der Waals surface area contributed by atoms with Crippen LogP contribution in [0.15, 0.2) is 23.4 Å². The Bertz CT molecular complexity index is 450. The summed E-state index contributed by atoms with van der Waals surface area (Å²) in [6.45, 7) is 0.00459. The third-order valence-corrected chi connectivity index (χ3v) is 1.87. The van der Waals surface area contributed by atoms with Crippen molar-refractivity contribution in [3.05, 3.63) is 34.1 Å². The second-order valence-electron chi connectivity index (χ2n) is 3.06. The van der Waals surface area contributed by atoms with E-state index in [9.17, 15) is 14.5 Å². The zero-order valence-corrected chi connectivity index (χ0v) is 8.67. The van der Waals surface area contributed by atoms with E-state index in [1.807, 2.05) is 0 Å². The smallest absolute Gasteiger partial charge is 0.272 e. The number of nitrogens with two attached hydrogens (primary N) is 1. The van der Waals surface area contributed by atoms with E-state index in [2.05, 4.69) is 5.16 Å². The van der Waals surface area contributed by atoms with E-state index in [4.69, 9.17) is 15.7 Å². The van der Waals surface area contributed by atoms with Gasteiger partial charge in [-0.15, -0.1) is 0 Å². The van der Waals surface area contributed by atoms with Crippen molar-refractivity contribution in [1.29, 1.82) is 0 Å². The Morgan fingerprint density at radius 2 is 2.35 bits per heavy atom. The molecule has 0 saturated heterocycles. The summed E-state index contributed by atoms with van der Waals surface area (Å²) in [5, 5.41) is 21.3. The third kappa shape index (κ3) is 3.59. The van der Waals surface area contributed by atoms with Gasteiger partial charge < -0.3 is 15.7 Å². The Kier molecular flexibility index (Phi) is 4.21. The Labute approximate surface area is 95.4 Å². The molecular weight excluding hydrogens is 233 g/mol. The fourth-order valence-corrected chi connectivity index (χ4v) is 1.04. The van der Waals surface area contributed by atoms with Gasteiger partial charge in [0.1, 0.15) is 5.84 Å². The van der Waals surface area contributed by atoms with Crippen LogP contribution in [0.5, 0.6) is 5.75 Å². The van der Waals surface area contributed by atoms with Gasteiger partial charge in [0.2, 0.25) is 0 Å². The van der Waals surface area contributed by atoms with Gasteiger partial charge in [-0.2, -0.15) is 0 Å². The maximum atomic E-state index is 13.3. The van der Waals surface area contributed by atoms with Crippen molar-refractivity contribution in [1.82, 2.24) is 0 Å². The maximum absolute atomic E-state index is 13.3. The highest BCUT2D eigenvalue weighted by atomic mass is 19.1. The number of rotatable bonds is 5. The zero-order chi connectivity index (χ0) is 12.8. The first-order chi connectivity index (χ1) is 8.04. The standard InChI is InChI=1S/C9H10FN3O4/c10-7-5-6(13(15)16)1-2-8(7)17-4-3-9(11)12-14/h1-2,5,14H,3-4H2,(H2,11,12). The van der Waals surface area contributed by atoms with Crippen LogP contribution in [0, 0.1) is 15.9 Å². The van der Waals surface area contributed by atoms with E-state index in [0.717, 1.165) is 18.2 Å². The van der Waals surface area contributed by atoms with Gasteiger partial charge >= 0.3 is 0 Å². The number of nitro benzene ring substituents is 1. The van der Waals surface area contributed by atoms with Crippen molar-refractivity contribution in [3.8, 4) is 5.75 Å². The van der Waals surface area contributed by atoms with Gasteiger partial charge in [0.05, 0.1) is 17.6 Å². The number of hydrogen-bond donors (Lipinski definition) is 2. The zero-order valence-electron chi connectivity index (χ0n) is 8.67. The molecular formula is C9H10FN3O4. The first-order valence-electron chi connectivity index (χ1n) is 4.57. The topological polar surface area (TPSA) is 111 Å². The average molecular weight is 243 g/mol. The number of hydrogen-bond acceptors (Lipinski definition) is 5. The van der Waals surface area contributed by atoms with Crippen LogP contribution in [0.1, 0.15) is 6.42 Å². The highest BCUT2D eigenvalue weighted by Crippen LogP contribution is 2.22. The molecule has 1 aromatic carbocycles. The van der Waals surface area contributed by atoms with Gasteiger partial charge in [0.25, 0.3) is 5.69 Å². The van der Waals surface area contributed by atoms with E-state index in [1.165, 1.54) is 0 Å². The molecule has 0 atom stereocenters. The molecule has 0 aliphatic heterocycles. The number of amidine groups is 1. The molecule has 92 valence electrons. The van der Waals surface area contributed by atoms with Crippen molar-refractivity contribution in [2.45, 2.75) is 6.42 Å². The molecule has 0 aromatic heterocycles. The van der Waals surface area contributed by atoms with Gasteiger partial charge in [-0.3, -0.25) is 10.1 Å². The molecule has 0 aliphatic rings. The molecule has 0 unspecified atom stereocenters. The van der Waals surface area contributed by atoms with Gasteiger partial charge in [0, 0.05) is 12.5 Å². The Morgan fingerprint density at radius 3 is 2.88 bits per heavy atom. The number of halogens is 1. The van der Waals surface area contributed by atoms with Gasteiger partial charge in [0.15, 0.2) is 11.6 Å². The lowest BCUT2D eigenvalue weighted by molar-refractivity contribution is -0.385. The van der Waals surface area contributed by atoms with Crippen LogP contribution in [-0.4, -0.2) is 22.6 Å². The Hall–Kier alpha value is -2.38. The van der Waals surface area contributed by atoms with Crippen LogP contribution in [0.3, 0.4) is 0 Å². The van der Waals surface area contributed by atoms with Crippen molar-refractivity contribution in [2.24, 2.45) is 10.9 Å². The molecule has 0 bridgehead atoms. The highest BCUT2D eigenvalue weighted by Gasteiger charge is 2.11. The lowest BCUT2D eigenvalue weighted by atomic mass is 10.3. The molecule has 0 saturated carbocycles. The molecule has 1 aromatic rings.